The summed E-state index contributed by atoms with van der Waals surface area (Å²) < 4.78 is 5.44. The van der Waals surface area contributed by atoms with Gasteiger partial charge in [-0.1, -0.05) is 52.6 Å². The van der Waals surface area contributed by atoms with Gasteiger partial charge in [-0.3, -0.25) is 10.1 Å². The van der Waals surface area contributed by atoms with Gasteiger partial charge in [-0.15, -0.1) is 5.10 Å². The summed E-state index contributed by atoms with van der Waals surface area (Å²) in [5, 5.41) is 14.1. The van der Waals surface area contributed by atoms with Crippen molar-refractivity contribution in [1.82, 2.24) is 25.1 Å². The number of nitrogens with zero attached hydrogens (tertiary/aromatic N) is 6. The molecule has 0 radical (unpaired) electrons. The lowest BCUT2D eigenvalue weighted by Gasteiger charge is -2.12. The van der Waals surface area contributed by atoms with Gasteiger partial charge in [-0.05, 0) is 30.7 Å². The van der Waals surface area contributed by atoms with Crippen molar-refractivity contribution in [2.24, 2.45) is 0 Å². The number of aromatic nitrogens is 5. The third kappa shape index (κ3) is 5.18. The van der Waals surface area contributed by atoms with Crippen molar-refractivity contribution >= 4 is 52.7 Å². The molecule has 12 heteroatoms. The predicted molar refractivity (Wildman–Crippen MR) is 126 cm³/mol. The van der Waals surface area contributed by atoms with Gasteiger partial charge in [0.25, 0.3) is 0 Å². The van der Waals surface area contributed by atoms with E-state index in [0.29, 0.717) is 33.1 Å². The molecule has 168 valence electrons. The van der Waals surface area contributed by atoms with Gasteiger partial charge in [0.1, 0.15) is 0 Å². The van der Waals surface area contributed by atoms with E-state index in [1.54, 1.807) is 49.3 Å². The lowest BCUT2D eigenvalue weighted by atomic mass is 10.2. The number of nitrogens with one attached hydrogen (secondary N) is 2. The van der Waals surface area contributed by atoms with Crippen molar-refractivity contribution < 1.29 is 9.21 Å². The Labute approximate surface area is 199 Å². The van der Waals surface area contributed by atoms with Crippen molar-refractivity contribution in [1.29, 1.82) is 0 Å². The third-order valence-electron chi connectivity index (χ3n) is 4.40. The highest BCUT2D eigenvalue weighted by Crippen LogP contribution is 2.26. The van der Waals surface area contributed by atoms with E-state index in [2.05, 4.69) is 35.8 Å². The average Bonchev–Trinajstić information content (AvgIpc) is 3.24. The lowest BCUT2D eigenvalue weighted by Crippen LogP contribution is -2.15. The number of anilines is 4. The molecule has 1 amide bonds. The Balaban J connectivity index is 1.58. The summed E-state index contributed by atoms with van der Waals surface area (Å²) in [4.78, 5) is 27.4. The van der Waals surface area contributed by atoms with Gasteiger partial charge in [-0.25, -0.2) is 0 Å². The van der Waals surface area contributed by atoms with E-state index in [4.69, 9.17) is 27.6 Å². The van der Waals surface area contributed by atoms with E-state index in [-0.39, 0.29) is 17.9 Å². The minimum atomic E-state index is -0.601. The van der Waals surface area contributed by atoms with Crippen LogP contribution in [0.3, 0.4) is 0 Å². The van der Waals surface area contributed by atoms with Crippen molar-refractivity contribution in [3.8, 4) is 11.4 Å². The maximum absolute atomic E-state index is 12.5. The molecular formula is C21H18Cl2N8O2. The number of aryl methyl sites for hydroxylation is 1. The fourth-order valence-corrected chi connectivity index (χ4v) is 3.26. The monoisotopic (exact) mass is 484 g/mol. The standard InChI is InChI=1S/C21H18Cl2N8O2/c1-11-6-4-9-14(23)15(11)24-17(32)18-29-30-21(33-18)28-19-25-16(26-20(27-19)31(2)3)12-7-5-8-13(22)10-12/h4-10H,1-3H3,(H,24,32)(H,25,26,27,28,30). The van der Waals surface area contributed by atoms with Gasteiger partial charge >= 0.3 is 17.8 Å². The van der Waals surface area contributed by atoms with Crippen LogP contribution in [-0.4, -0.2) is 45.2 Å². The van der Waals surface area contributed by atoms with Crippen LogP contribution in [0.5, 0.6) is 0 Å². The normalized spacial score (nSPS) is 10.7. The van der Waals surface area contributed by atoms with Gasteiger partial charge < -0.3 is 14.6 Å². The van der Waals surface area contributed by atoms with Crippen LogP contribution < -0.4 is 15.5 Å². The highest BCUT2D eigenvalue weighted by atomic mass is 35.5. The van der Waals surface area contributed by atoms with Crippen LogP contribution >= 0.6 is 23.2 Å². The van der Waals surface area contributed by atoms with Crippen molar-refractivity contribution in [2.75, 3.05) is 29.6 Å². The zero-order chi connectivity index (χ0) is 23.5. The van der Waals surface area contributed by atoms with E-state index in [0.717, 1.165) is 5.56 Å². The number of para-hydroxylation sites is 1. The van der Waals surface area contributed by atoms with Gasteiger partial charge in [0, 0.05) is 24.7 Å². The van der Waals surface area contributed by atoms with Crippen LogP contribution in [0.2, 0.25) is 10.0 Å². The Hall–Kier alpha value is -3.76. The Kier molecular flexibility index (Phi) is 6.38. The molecule has 0 aliphatic heterocycles. The predicted octanol–water partition coefficient (Wildman–Crippen LogP) is 4.60. The molecule has 2 aromatic carbocycles. The molecule has 33 heavy (non-hydrogen) atoms. The van der Waals surface area contributed by atoms with Crippen molar-refractivity contribution in [3.63, 3.8) is 0 Å². The molecule has 0 spiro atoms. The molecule has 0 aliphatic rings. The second-order valence-electron chi connectivity index (χ2n) is 7.11. The van der Waals surface area contributed by atoms with E-state index in [1.165, 1.54) is 0 Å². The average molecular weight is 485 g/mol. The van der Waals surface area contributed by atoms with E-state index < -0.39 is 5.91 Å². The molecule has 0 atom stereocenters. The maximum Gasteiger partial charge on any atom is 0.322 e. The first kappa shape index (κ1) is 22.4. The second-order valence-corrected chi connectivity index (χ2v) is 7.95. The number of amides is 1. The summed E-state index contributed by atoms with van der Waals surface area (Å²) in [6.07, 6.45) is 0. The fraction of sp³-hybridized carbons (Fsp3) is 0.143. The topological polar surface area (TPSA) is 122 Å². The molecule has 0 unspecified atom stereocenters. The number of benzene rings is 2. The lowest BCUT2D eigenvalue weighted by molar-refractivity contribution is 0.0991. The summed E-state index contributed by atoms with van der Waals surface area (Å²) in [7, 11) is 3.60. The third-order valence-corrected chi connectivity index (χ3v) is 4.95. The van der Waals surface area contributed by atoms with Crippen LogP contribution in [0.25, 0.3) is 11.4 Å². The summed E-state index contributed by atoms with van der Waals surface area (Å²) in [5.41, 5.74) is 1.97. The van der Waals surface area contributed by atoms with Crippen LogP contribution in [0.4, 0.5) is 23.6 Å². The Morgan fingerprint density at radius 1 is 1.03 bits per heavy atom. The minimum Gasteiger partial charge on any atom is -0.399 e. The summed E-state index contributed by atoms with van der Waals surface area (Å²) in [6, 6.07) is 12.3. The number of hydrogen-bond donors (Lipinski definition) is 2. The van der Waals surface area contributed by atoms with Crippen molar-refractivity contribution in [3.05, 3.63) is 64.0 Å². The van der Waals surface area contributed by atoms with Crippen LogP contribution in [-0.2, 0) is 0 Å². The Bertz CT molecular complexity index is 1310. The van der Waals surface area contributed by atoms with Gasteiger partial charge in [0.15, 0.2) is 5.82 Å². The first-order valence-corrected chi connectivity index (χ1v) is 10.4. The number of halogens is 2. The maximum atomic E-state index is 12.5. The number of carbonyl (C=O) groups is 1. The fourth-order valence-electron chi connectivity index (χ4n) is 2.80. The SMILES string of the molecule is Cc1cccc(Cl)c1NC(=O)c1nnc(Nc2nc(-c3cccc(Cl)c3)nc(N(C)C)n2)o1. The smallest absolute Gasteiger partial charge is 0.322 e. The molecular weight excluding hydrogens is 467 g/mol. The van der Waals surface area contributed by atoms with Crippen LogP contribution in [0, 0.1) is 6.92 Å². The molecule has 0 aliphatic carbocycles. The minimum absolute atomic E-state index is 0.0658. The van der Waals surface area contributed by atoms with Gasteiger partial charge in [0.05, 0.1) is 10.7 Å². The second kappa shape index (κ2) is 9.39. The van der Waals surface area contributed by atoms with Crippen molar-refractivity contribution in [2.45, 2.75) is 6.92 Å². The molecule has 0 saturated heterocycles. The number of hydrogen-bond acceptors (Lipinski definition) is 9. The molecule has 0 fully saturated rings. The molecule has 10 nitrogen and oxygen atoms in total. The highest BCUT2D eigenvalue weighted by molar-refractivity contribution is 6.34. The van der Waals surface area contributed by atoms with E-state index in [9.17, 15) is 4.79 Å². The summed E-state index contributed by atoms with van der Waals surface area (Å²) >= 11 is 12.3. The first-order valence-electron chi connectivity index (χ1n) is 9.66. The van der Waals surface area contributed by atoms with E-state index in [1.807, 2.05) is 19.1 Å². The molecule has 0 saturated carbocycles. The molecule has 2 heterocycles. The van der Waals surface area contributed by atoms with Gasteiger partial charge in [-0.2, -0.15) is 15.0 Å². The molecule has 4 rings (SSSR count). The molecule has 0 bridgehead atoms. The number of rotatable bonds is 6. The quantitative estimate of drug-likeness (QED) is 0.404. The molecule has 2 aromatic heterocycles. The molecule has 2 N–H and O–H groups in total. The largest absolute Gasteiger partial charge is 0.399 e. The summed E-state index contributed by atoms with van der Waals surface area (Å²) in [6.45, 7) is 1.82. The number of carbonyl (C=O) groups excluding carboxylic acids is 1. The van der Waals surface area contributed by atoms with Crippen LogP contribution in [0.1, 0.15) is 16.2 Å². The highest BCUT2D eigenvalue weighted by Gasteiger charge is 2.19. The van der Waals surface area contributed by atoms with E-state index >= 15 is 0 Å². The molecule has 4 aromatic rings. The first-order chi connectivity index (χ1) is 15.8. The zero-order valence-electron chi connectivity index (χ0n) is 17.8. The Morgan fingerprint density at radius 3 is 2.55 bits per heavy atom. The zero-order valence-corrected chi connectivity index (χ0v) is 19.3. The Morgan fingerprint density at radius 2 is 1.82 bits per heavy atom. The van der Waals surface area contributed by atoms with Gasteiger partial charge in [0.2, 0.25) is 11.9 Å². The van der Waals surface area contributed by atoms with Crippen LogP contribution in [0.15, 0.2) is 46.9 Å². The summed E-state index contributed by atoms with van der Waals surface area (Å²) in [5.74, 6) is 0.0885.